The summed E-state index contributed by atoms with van der Waals surface area (Å²) >= 11 is 0. The van der Waals surface area contributed by atoms with E-state index < -0.39 is 0 Å². The van der Waals surface area contributed by atoms with Crippen molar-refractivity contribution in [1.29, 1.82) is 0 Å². The number of hydrogen-bond acceptors (Lipinski definition) is 3. The fraction of sp³-hybridized carbons (Fsp3) is 0. The van der Waals surface area contributed by atoms with Crippen molar-refractivity contribution in [3.8, 4) is 39.9 Å². The average molecular weight is 473 g/mol. The number of aromatic nitrogens is 4. The number of para-hydroxylation sites is 2. The van der Waals surface area contributed by atoms with Crippen LogP contribution in [0.2, 0.25) is 0 Å². The number of hydrogen-bond donors (Lipinski definition) is 0. The summed E-state index contributed by atoms with van der Waals surface area (Å²) in [4.78, 5) is 14.5. The summed E-state index contributed by atoms with van der Waals surface area (Å²) in [6.07, 6.45) is 0. The molecule has 37 heavy (non-hydrogen) atoms. The number of nitrogens with zero attached hydrogens (tertiary/aromatic N) is 4. The SMILES string of the molecule is c1cccc(-c2nc(-c3ccccc3)nc(-c3cccc(-n4c5ccccc5c5ccccc54)c3)n2)c#1. The zero-order valence-corrected chi connectivity index (χ0v) is 19.8. The van der Waals surface area contributed by atoms with Crippen molar-refractivity contribution in [3.05, 3.63) is 133 Å². The molecule has 0 aliphatic carbocycles. The summed E-state index contributed by atoms with van der Waals surface area (Å²) in [6.45, 7) is 0. The van der Waals surface area contributed by atoms with E-state index in [0.717, 1.165) is 33.4 Å². The average Bonchev–Trinajstić information content (AvgIpc) is 3.32. The molecule has 4 nitrogen and oxygen atoms in total. The van der Waals surface area contributed by atoms with E-state index in [2.05, 4.69) is 83.4 Å². The minimum Gasteiger partial charge on any atom is -0.309 e. The Morgan fingerprint density at radius 1 is 0.514 bits per heavy atom. The molecule has 0 amide bonds. The molecule has 2 heterocycles. The fourth-order valence-corrected chi connectivity index (χ4v) is 4.81. The van der Waals surface area contributed by atoms with Gasteiger partial charge in [0.1, 0.15) is 0 Å². The zero-order chi connectivity index (χ0) is 24.6. The Labute approximate surface area is 214 Å². The molecule has 2 aromatic heterocycles. The molecule has 0 aliphatic rings. The largest absolute Gasteiger partial charge is 0.309 e. The van der Waals surface area contributed by atoms with Crippen LogP contribution in [0.1, 0.15) is 0 Å². The van der Waals surface area contributed by atoms with Crippen LogP contribution in [-0.2, 0) is 0 Å². The summed E-state index contributed by atoms with van der Waals surface area (Å²) in [5.74, 6) is 1.81. The Kier molecular flexibility index (Phi) is 4.98. The van der Waals surface area contributed by atoms with Crippen LogP contribution >= 0.6 is 0 Å². The first kappa shape index (κ1) is 21.0. The first-order valence-electron chi connectivity index (χ1n) is 12.1. The molecular formula is C33H20N4. The monoisotopic (exact) mass is 472 g/mol. The third kappa shape index (κ3) is 3.71. The summed E-state index contributed by atoms with van der Waals surface area (Å²) in [5, 5.41) is 2.46. The van der Waals surface area contributed by atoms with Crippen LogP contribution in [0.5, 0.6) is 0 Å². The maximum absolute atomic E-state index is 4.89. The van der Waals surface area contributed by atoms with E-state index in [9.17, 15) is 0 Å². The number of rotatable bonds is 4. The Morgan fingerprint density at radius 3 is 1.84 bits per heavy atom. The highest BCUT2D eigenvalue weighted by Crippen LogP contribution is 2.33. The summed E-state index contributed by atoms with van der Waals surface area (Å²) < 4.78 is 2.30. The molecule has 0 N–H and O–H groups in total. The van der Waals surface area contributed by atoms with Crippen molar-refractivity contribution in [3.63, 3.8) is 0 Å². The van der Waals surface area contributed by atoms with Gasteiger partial charge in [0.25, 0.3) is 0 Å². The Bertz CT molecular complexity index is 1760. The van der Waals surface area contributed by atoms with Crippen molar-refractivity contribution >= 4 is 21.8 Å². The second-order valence-electron chi connectivity index (χ2n) is 8.80. The van der Waals surface area contributed by atoms with Crippen LogP contribution in [0.4, 0.5) is 0 Å². The van der Waals surface area contributed by atoms with E-state index >= 15 is 0 Å². The van der Waals surface area contributed by atoms with Gasteiger partial charge in [0.15, 0.2) is 17.5 Å². The van der Waals surface area contributed by atoms with Crippen LogP contribution < -0.4 is 0 Å². The van der Waals surface area contributed by atoms with Gasteiger partial charge in [-0.2, -0.15) is 0 Å². The van der Waals surface area contributed by atoms with E-state index in [4.69, 9.17) is 15.0 Å². The lowest BCUT2D eigenvalue weighted by Gasteiger charge is -2.11. The molecule has 7 rings (SSSR count). The van der Waals surface area contributed by atoms with Crippen LogP contribution in [0, 0.1) is 12.1 Å². The minimum absolute atomic E-state index is 0.572. The van der Waals surface area contributed by atoms with Crippen molar-refractivity contribution in [2.75, 3.05) is 0 Å². The molecule has 0 spiro atoms. The highest BCUT2D eigenvalue weighted by atomic mass is 15.0. The van der Waals surface area contributed by atoms with Gasteiger partial charge in [0.05, 0.1) is 16.6 Å². The first-order chi connectivity index (χ1) is 18.3. The van der Waals surface area contributed by atoms with Gasteiger partial charge in [0.2, 0.25) is 0 Å². The first-order valence-corrected chi connectivity index (χ1v) is 12.1. The molecule has 0 bridgehead atoms. The zero-order valence-electron chi connectivity index (χ0n) is 19.8. The van der Waals surface area contributed by atoms with E-state index in [-0.39, 0.29) is 0 Å². The normalized spacial score (nSPS) is 11.0. The minimum atomic E-state index is 0.572. The van der Waals surface area contributed by atoms with Gasteiger partial charge in [-0.15, -0.1) is 0 Å². The molecule has 172 valence electrons. The standard InChI is InChI=1S/C33H20N4/c1-3-12-23(13-4-1)31-34-32(24-14-5-2-6-15-24)36-33(35-31)25-16-11-17-26(22-25)37-29-20-9-7-18-27(29)28-19-8-10-21-30(28)37/h1-5,7-14,16-22H. The summed E-state index contributed by atoms with van der Waals surface area (Å²) in [6, 6.07) is 47.2. The Balaban J connectivity index is 1.44. The molecule has 0 aliphatic heterocycles. The molecule has 0 radical (unpaired) electrons. The van der Waals surface area contributed by atoms with Crippen molar-refractivity contribution in [2.45, 2.75) is 0 Å². The summed E-state index contributed by atoms with van der Waals surface area (Å²) in [5.41, 5.74) is 6.01. The van der Waals surface area contributed by atoms with Crippen LogP contribution in [0.15, 0.2) is 121 Å². The molecular weight excluding hydrogens is 452 g/mol. The predicted octanol–water partition coefficient (Wildman–Crippen LogP) is 7.57. The predicted molar refractivity (Wildman–Crippen MR) is 148 cm³/mol. The van der Waals surface area contributed by atoms with E-state index in [1.807, 2.05) is 54.6 Å². The fourth-order valence-electron chi connectivity index (χ4n) is 4.81. The molecule has 0 atom stereocenters. The van der Waals surface area contributed by atoms with Gasteiger partial charge >= 0.3 is 0 Å². The van der Waals surface area contributed by atoms with Gasteiger partial charge in [0, 0.05) is 27.6 Å². The van der Waals surface area contributed by atoms with E-state index in [0.29, 0.717) is 17.5 Å². The lowest BCUT2D eigenvalue weighted by atomic mass is 10.1. The van der Waals surface area contributed by atoms with Gasteiger partial charge in [-0.05, 0) is 36.4 Å². The third-order valence-electron chi connectivity index (χ3n) is 6.50. The highest BCUT2D eigenvalue weighted by Gasteiger charge is 2.15. The van der Waals surface area contributed by atoms with Crippen LogP contribution in [0.3, 0.4) is 0 Å². The van der Waals surface area contributed by atoms with Crippen LogP contribution in [-0.4, -0.2) is 19.5 Å². The van der Waals surface area contributed by atoms with Crippen molar-refractivity contribution < 1.29 is 0 Å². The van der Waals surface area contributed by atoms with Crippen LogP contribution in [0.25, 0.3) is 61.7 Å². The Hall–Kier alpha value is -5.27. The topological polar surface area (TPSA) is 43.6 Å². The lowest BCUT2D eigenvalue weighted by molar-refractivity contribution is 1.07. The number of fused-ring (bicyclic) bond motifs is 3. The van der Waals surface area contributed by atoms with Gasteiger partial charge in [-0.25, -0.2) is 15.0 Å². The molecule has 0 saturated heterocycles. The molecule has 0 fully saturated rings. The van der Waals surface area contributed by atoms with Gasteiger partial charge in [-0.1, -0.05) is 97.1 Å². The lowest BCUT2D eigenvalue weighted by Crippen LogP contribution is -2.01. The third-order valence-corrected chi connectivity index (χ3v) is 6.50. The smallest absolute Gasteiger partial charge is 0.172 e. The summed E-state index contributed by atoms with van der Waals surface area (Å²) in [7, 11) is 0. The van der Waals surface area contributed by atoms with E-state index in [1.54, 1.807) is 0 Å². The highest BCUT2D eigenvalue weighted by molar-refractivity contribution is 6.09. The van der Waals surface area contributed by atoms with Crippen molar-refractivity contribution in [2.24, 2.45) is 0 Å². The second kappa shape index (κ2) is 8.75. The van der Waals surface area contributed by atoms with Gasteiger partial charge < -0.3 is 4.57 Å². The quantitative estimate of drug-likeness (QED) is 0.265. The second-order valence-corrected chi connectivity index (χ2v) is 8.80. The molecule has 0 saturated carbocycles. The molecule has 0 unspecified atom stereocenters. The molecule has 4 heteroatoms. The molecule has 7 aromatic rings. The van der Waals surface area contributed by atoms with E-state index in [1.165, 1.54) is 10.8 Å². The Morgan fingerprint density at radius 2 is 1.14 bits per heavy atom. The van der Waals surface area contributed by atoms with Gasteiger partial charge in [-0.3, -0.25) is 0 Å². The maximum Gasteiger partial charge on any atom is 0.172 e. The van der Waals surface area contributed by atoms with Crippen molar-refractivity contribution in [1.82, 2.24) is 19.5 Å². The molecule has 5 aromatic carbocycles. The number of benzene rings is 4. The maximum atomic E-state index is 4.89.